The summed E-state index contributed by atoms with van der Waals surface area (Å²) in [5.41, 5.74) is 1.93. The van der Waals surface area contributed by atoms with Crippen molar-refractivity contribution in [3.63, 3.8) is 0 Å². The molecule has 3 amide bonds. The summed E-state index contributed by atoms with van der Waals surface area (Å²) in [6.45, 7) is 2.22. The van der Waals surface area contributed by atoms with Gasteiger partial charge in [0.25, 0.3) is 5.91 Å². The molecule has 7 nitrogen and oxygen atoms in total. The van der Waals surface area contributed by atoms with Crippen molar-refractivity contribution in [2.24, 2.45) is 12.0 Å². The number of imide groups is 1. The molecule has 0 aliphatic carbocycles. The fourth-order valence-electron chi connectivity index (χ4n) is 3.21. The second-order valence-corrected chi connectivity index (χ2v) is 6.16. The molecular formula is C17H18N5O2+. The van der Waals surface area contributed by atoms with Gasteiger partial charge in [-0.05, 0) is 12.5 Å². The number of likely N-dealkylation sites (N-methyl/N-ethyl adjacent to an activating group) is 1. The molecule has 2 aromatic rings. The summed E-state index contributed by atoms with van der Waals surface area (Å²) in [4.78, 5) is 32.9. The minimum Gasteiger partial charge on any atom is -0.270 e. The Morgan fingerprint density at radius 3 is 2.58 bits per heavy atom. The van der Waals surface area contributed by atoms with E-state index < -0.39 is 6.04 Å². The van der Waals surface area contributed by atoms with Crippen LogP contribution in [-0.4, -0.2) is 39.2 Å². The van der Waals surface area contributed by atoms with Crippen LogP contribution in [0.2, 0.25) is 0 Å². The molecule has 0 spiro atoms. The SMILES string of the molecule is Cc1c[n+]2c(n1C)N=C1C2C(=O)N(Cc2ccccc2)C(=O)N1C. The Bertz CT molecular complexity index is 884. The topological polar surface area (TPSA) is 61.8 Å². The van der Waals surface area contributed by atoms with E-state index in [-0.39, 0.29) is 18.5 Å². The number of amides is 3. The maximum Gasteiger partial charge on any atom is 0.401 e. The van der Waals surface area contributed by atoms with E-state index in [9.17, 15) is 9.59 Å². The number of imidazole rings is 1. The Morgan fingerprint density at radius 1 is 1.17 bits per heavy atom. The maximum absolute atomic E-state index is 13.0. The predicted octanol–water partition coefficient (Wildman–Crippen LogP) is 1.30. The van der Waals surface area contributed by atoms with Crippen LogP contribution in [0.15, 0.2) is 41.5 Å². The van der Waals surface area contributed by atoms with Crippen molar-refractivity contribution in [2.45, 2.75) is 19.5 Å². The van der Waals surface area contributed by atoms with Crippen LogP contribution >= 0.6 is 0 Å². The quantitative estimate of drug-likeness (QED) is 0.782. The lowest BCUT2D eigenvalue weighted by atomic mass is 10.1. The molecule has 24 heavy (non-hydrogen) atoms. The zero-order valence-corrected chi connectivity index (χ0v) is 13.8. The molecule has 1 unspecified atom stereocenters. The van der Waals surface area contributed by atoms with Gasteiger partial charge in [0.05, 0.1) is 13.6 Å². The van der Waals surface area contributed by atoms with E-state index in [1.165, 1.54) is 9.80 Å². The molecule has 0 bridgehead atoms. The summed E-state index contributed by atoms with van der Waals surface area (Å²) in [6, 6.07) is 8.59. The Kier molecular flexibility index (Phi) is 3.06. The van der Waals surface area contributed by atoms with Crippen LogP contribution in [0.4, 0.5) is 10.7 Å². The summed E-state index contributed by atoms with van der Waals surface area (Å²) >= 11 is 0. The van der Waals surface area contributed by atoms with Gasteiger partial charge >= 0.3 is 12.0 Å². The average molecular weight is 324 g/mol. The second kappa shape index (κ2) is 5.02. The molecular weight excluding hydrogens is 306 g/mol. The van der Waals surface area contributed by atoms with Crippen LogP contribution < -0.4 is 4.57 Å². The van der Waals surface area contributed by atoms with Crippen molar-refractivity contribution in [1.82, 2.24) is 14.4 Å². The highest BCUT2D eigenvalue weighted by Crippen LogP contribution is 2.29. The smallest absolute Gasteiger partial charge is 0.270 e. The highest BCUT2D eigenvalue weighted by atomic mass is 16.2. The maximum atomic E-state index is 13.0. The van der Waals surface area contributed by atoms with Gasteiger partial charge in [-0.3, -0.25) is 14.6 Å². The van der Waals surface area contributed by atoms with Crippen molar-refractivity contribution in [1.29, 1.82) is 0 Å². The number of urea groups is 1. The average Bonchev–Trinajstić information content (AvgIpc) is 3.08. The van der Waals surface area contributed by atoms with E-state index >= 15 is 0 Å². The number of aliphatic imine (C=N–C) groups is 1. The molecule has 1 aromatic heterocycles. The molecule has 0 radical (unpaired) electrons. The van der Waals surface area contributed by atoms with Crippen molar-refractivity contribution in [2.75, 3.05) is 7.05 Å². The number of aryl methyl sites for hydroxylation is 1. The Balaban J connectivity index is 1.75. The van der Waals surface area contributed by atoms with Crippen molar-refractivity contribution in [3.05, 3.63) is 47.8 Å². The first-order valence-corrected chi connectivity index (χ1v) is 7.78. The fourth-order valence-corrected chi connectivity index (χ4v) is 3.21. The number of nitrogens with zero attached hydrogens (tertiary/aromatic N) is 5. The molecule has 7 heteroatoms. The van der Waals surface area contributed by atoms with Gasteiger partial charge in [-0.1, -0.05) is 35.3 Å². The number of carbonyl (C=O) groups is 2. The molecule has 3 heterocycles. The third kappa shape index (κ3) is 1.90. The zero-order chi connectivity index (χ0) is 17.0. The summed E-state index contributed by atoms with van der Waals surface area (Å²) in [5.74, 6) is 0.928. The lowest BCUT2D eigenvalue weighted by Crippen LogP contribution is -2.62. The summed E-state index contributed by atoms with van der Waals surface area (Å²) < 4.78 is 3.76. The number of carbonyl (C=O) groups excluding carboxylic acids is 2. The number of hydrogen-bond donors (Lipinski definition) is 0. The molecule has 1 aromatic carbocycles. The molecule has 0 saturated carbocycles. The molecule has 2 aliphatic rings. The van der Waals surface area contributed by atoms with Crippen LogP contribution in [0.1, 0.15) is 17.3 Å². The lowest BCUT2D eigenvalue weighted by Gasteiger charge is -2.33. The second-order valence-electron chi connectivity index (χ2n) is 6.16. The van der Waals surface area contributed by atoms with Gasteiger partial charge in [0.15, 0.2) is 0 Å². The Labute approximate surface area is 139 Å². The summed E-state index contributed by atoms with van der Waals surface area (Å²) in [5, 5.41) is 0. The van der Waals surface area contributed by atoms with Gasteiger partial charge in [0.1, 0.15) is 11.9 Å². The molecule has 1 saturated heterocycles. The van der Waals surface area contributed by atoms with E-state index in [0.717, 1.165) is 11.3 Å². The molecule has 2 aliphatic heterocycles. The van der Waals surface area contributed by atoms with E-state index in [0.29, 0.717) is 11.8 Å². The highest BCUT2D eigenvalue weighted by molar-refractivity contribution is 6.18. The zero-order valence-electron chi connectivity index (χ0n) is 13.8. The highest BCUT2D eigenvalue weighted by Gasteiger charge is 2.52. The van der Waals surface area contributed by atoms with Gasteiger partial charge in [0, 0.05) is 7.05 Å². The van der Waals surface area contributed by atoms with Crippen LogP contribution in [0.5, 0.6) is 0 Å². The largest absolute Gasteiger partial charge is 0.401 e. The van der Waals surface area contributed by atoms with Gasteiger partial charge in [-0.2, -0.15) is 0 Å². The minimum absolute atomic E-state index is 0.241. The van der Waals surface area contributed by atoms with E-state index in [1.54, 1.807) is 7.05 Å². The number of amidine groups is 1. The van der Waals surface area contributed by atoms with E-state index in [1.807, 2.05) is 59.6 Å². The van der Waals surface area contributed by atoms with Gasteiger partial charge in [0.2, 0.25) is 11.9 Å². The number of rotatable bonds is 2. The molecule has 122 valence electrons. The monoisotopic (exact) mass is 324 g/mol. The van der Waals surface area contributed by atoms with Gasteiger partial charge in [-0.15, -0.1) is 0 Å². The minimum atomic E-state index is -0.577. The van der Waals surface area contributed by atoms with Crippen LogP contribution in [0, 0.1) is 6.92 Å². The van der Waals surface area contributed by atoms with Crippen LogP contribution in [0.3, 0.4) is 0 Å². The fraction of sp³-hybridized carbons (Fsp3) is 0.294. The van der Waals surface area contributed by atoms with Crippen LogP contribution in [-0.2, 0) is 18.4 Å². The molecule has 0 N–H and O–H groups in total. The lowest BCUT2D eigenvalue weighted by molar-refractivity contribution is -0.677. The summed E-state index contributed by atoms with van der Waals surface area (Å²) in [6.07, 6.45) is 1.90. The van der Waals surface area contributed by atoms with Crippen molar-refractivity contribution >= 4 is 23.7 Å². The van der Waals surface area contributed by atoms with Crippen molar-refractivity contribution in [3.8, 4) is 0 Å². The van der Waals surface area contributed by atoms with Gasteiger partial charge in [-0.25, -0.2) is 13.9 Å². The molecule has 1 atom stereocenters. The third-order valence-electron chi connectivity index (χ3n) is 4.67. The van der Waals surface area contributed by atoms with E-state index in [2.05, 4.69) is 4.99 Å². The standard InChI is InChI=1S/C17H18N5O2/c1-11-9-21-13-14(18-16(21)19(11)2)20(3)17(24)22(15(13)23)10-12-7-5-4-6-8-12/h4-9,13H,10H2,1-3H3/q+1. The molecule has 4 rings (SSSR count). The normalized spacial score (nSPS) is 19.5. The third-order valence-corrected chi connectivity index (χ3v) is 4.67. The van der Waals surface area contributed by atoms with Gasteiger partial charge < -0.3 is 0 Å². The number of fused-ring (bicyclic) bond motifs is 3. The first-order valence-electron chi connectivity index (χ1n) is 7.78. The number of benzene rings is 1. The predicted molar refractivity (Wildman–Crippen MR) is 86.6 cm³/mol. The first-order chi connectivity index (χ1) is 11.5. The van der Waals surface area contributed by atoms with Crippen molar-refractivity contribution < 1.29 is 14.2 Å². The molecule has 1 fully saturated rings. The Morgan fingerprint density at radius 2 is 1.88 bits per heavy atom. The Hall–Kier alpha value is -2.96. The van der Waals surface area contributed by atoms with Crippen LogP contribution in [0.25, 0.3) is 0 Å². The summed E-state index contributed by atoms with van der Waals surface area (Å²) in [7, 11) is 3.56. The van der Waals surface area contributed by atoms with E-state index in [4.69, 9.17) is 0 Å². The number of hydrogen-bond acceptors (Lipinski definition) is 3. The first kappa shape index (κ1) is 14.6. The number of aromatic nitrogens is 2.